The first-order valence-electron chi connectivity index (χ1n) is 12.5. The predicted octanol–water partition coefficient (Wildman–Crippen LogP) is 4.72. The van der Waals surface area contributed by atoms with Gasteiger partial charge in [0.15, 0.2) is 6.61 Å². The van der Waals surface area contributed by atoms with Crippen molar-refractivity contribution in [2.24, 2.45) is 5.92 Å². The standard InChI is InChI=1S/C29H30N2O6/c1-2-3-6-16-36-28(34)21-12-14-23(15-13-21)31-18-22(17-27(31)33)29(35)37-19-26(32)30-25-11-7-9-20-8-4-5-10-24(20)25/h4-5,7-15,22H,2-3,6,16-19H2,1H3,(H,30,32)/t22-/m0/s1. The molecule has 1 aliphatic heterocycles. The van der Waals surface area contributed by atoms with Crippen LogP contribution >= 0.6 is 0 Å². The number of nitrogens with one attached hydrogen (secondary N) is 1. The number of hydrogen-bond acceptors (Lipinski definition) is 6. The van der Waals surface area contributed by atoms with E-state index in [4.69, 9.17) is 9.47 Å². The number of unbranched alkanes of at least 4 members (excludes halogenated alkanes) is 2. The first-order chi connectivity index (χ1) is 18.0. The summed E-state index contributed by atoms with van der Waals surface area (Å²) in [5.41, 5.74) is 1.62. The molecule has 0 saturated carbocycles. The van der Waals surface area contributed by atoms with Crippen molar-refractivity contribution in [1.82, 2.24) is 0 Å². The minimum Gasteiger partial charge on any atom is -0.462 e. The molecule has 1 heterocycles. The average molecular weight is 503 g/mol. The van der Waals surface area contributed by atoms with E-state index in [2.05, 4.69) is 12.2 Å². The molecule has 0 spiro atoms. The van der Waals surface area contributed by atoms with Crippen LogP contribution in [0.5, 0.6) is 0 Å². The van der Waals surface area contributed by atoms with Crippen molar-refractivity contribution in [3.05, 3.63) is 72.3 Å². The molecule has 192 valence electrons. The van der Waals surface area contributed by atoms with Gasteiger partial charge in [0.25, 0.3) is 5.91 Å². The lowest BCUT2D eigenvalue weighted by atomic mass is 10.1. The lowest BCUT2D eigenvalue weighted by Gasteiger charge is -2.17. The Morgan fingerprint density at radius 1 is 0.946 bits per heavy atom. The summed E-state index contributed by atoms with van der Waals surface area (Å²) in [4.78, 5) is 51.2. The highest BCUT2D eigenvalue weighted by molar-refractivity contribution is 6.03. The SMILES string of the molecule is CCCCCOC(=O)c1ccc(N2C[C@@H](C(=O)OCC(=O)Nc3cccc4ccccc34)CC2=O)cc1. The van der Waals surface area contributed by atoms with E-state index in [1.165, 1.54) is 4.90 Å². The van der Waals surface area contributed by atoms with Crippen LogP contribution in [0.15, 0.2) is 66.7 Å². The molecular formula is C29H30N2O6. The van der Waals surface area contributed by atoms with Crippen molar-refractivity contribution in [3.63, 3.8) is 0 Å². The zero-order chi connectivity index (χ0) is 26.2. The maximum Gasteiger partial charge on any atom is 0.338 e. The third-order valence-electron chi connectivity index (χ3n) is 6.26. The summed E-state index contributed by atoms with van der Waals surface area (Å²) in [7, 11) is 0. The van der Waals surface area contributed by atoms with E-state index < -0.39 is 30.4 Å². The van der Waals surface area contributed by atoms with E-state index in [9.17, 15) is 19.2 Å². The maximum absolute atomic E-state index is 12.6. The van der Waals surface area contributed by atoms with Crippen LogP contribution in [0.2, 0.25) is 0 Å². The smallest absolute Gasteiger partial charge is 0.338 e. The summed E-state index contributed by atoms with van der Waals surface area (Å²) in [6.45, 7) is 2.16. The van der Waals surface area contributed by atoms with Gasteiger partial charge in [0.2, 0.25) is 5.91 Å². The van der Waals surface area contributed by atoms with Crippen LogP contribution in [0.1, 0.15) is 43.0 Å². The van der Waals surface area contributed by atoms with Crippen LogP contribution in [0.25, 0.3) is 10.8 Å². The van der Waals surface area contributed by atoms with E-state index in [1.54, 1.807) is 30.3 Å². The highest BCUT2D eigenvalue weighted by atomic mass is 16.5. The molecular weight excluding hydrogens is 472 g/mol. The van der Waals surface area contributed by atoms with Crippen LogP contribution in [-0.2, 0) is 23.9 Å². The van der Waals surface area contributed by atoms with Crippen molar-refractivity contribution in [2.45, 2.75) is 32.6 Å². The van der Waals surface area contributed by atoms with Gasteiger partial charge in [0.05, 0.1) is 18.1 Å². The number of ether oxygens (including phenoxy) is 2. The van der Waals surface area contributed by atoms with Crippen molar-refractivity contribution in [3.8, 4) is 0 Å². The quantitative estimate of drug-likeness (QED) is 0.318. The Morgan fingerprint density at radius 3 is 2.49 bits per heavy atom. The van der Waals surface area contributed by atoms with Crippen molar-refractivity contribution < 1.29 is 28.7 Å². The number of rotatable bonds is 10. The van der Waals surface area contributed by atoms with Gasteiger partial charge in [0, 0.05) is 29.7 Å². The fraction of sp³-hybridized carbons (Fsp3) is 0.310. The van der Waals surface area contributed by atoms with Gasteiger partial charge in [-0.3, -0.25) is 14.4 Å². The Hall–Kier alpha value is -4.20. The maximum atomic E-state index is 12.6. The van der Waals surface area contributed by atoms with Crippen LogP contribution in [-0.4, -0.2) is 43.5 Å². The molecule has 2 amide bonds. The number of hydrogen-bond donors (Lipinski definition) is 1. The molecule has 1 N–H and O–H groups in total. The number of anilines is 2. The Morgan fingerprint density at radius 2 is 1.70 bits per heavy atom. The largest absolute Gasteiger partial charge is 0.462 e. The Kier molecular flexibility index (Phi) is 8.51. The Bertz CT molecular complexity index is 1280. The summed E-state index contributed by atoms with van der Waals surface area (Å²) < 4.78 is 10.5. The zero-order valence-electron chi connectivity index (χ0n) is 20.8. The van der Waals surface area contributed by atoms with Crippen molar-refractivity contribution in [1.29, 1.82) is 0 Å². The predicted molar refractivity (Wildman–Crippen MR) is 140 cm³/mol. The molecule has 8 nitrogen and oxygen atoms in total. The molecule has 37 heavy (non-hydrogen) atoms. The summed E-state index contributed by atoms with van der Waals surface area (Å²) in [6, 6.07) is 19.7. The third-order valence-corrected chi connectivity index (χ3v) is 6.26. The fourth-order valence-electron chi connectivity index (χ4n) is 4.27. The molecule has 0 aliphatic carbocycles. The molecule has 8 heteroatoms. The lowest BCUT2D eigenvalue weighted by Crippen LogP contribution is -2.28. The van der Waals surface area contributed by atoms with E-state index in [-0.39, 0.29) is 18.9 Å². The topological polar surface area (TPSA) is 102 Å². The van der Waals surface area contributed by atoms with Gasteiger partial charge < -0.3 is 19.7 Å². The average Bonchev–Trinajstić information content (AvgIpc) is 3.31. The first-order valence-corrected chi connectivity index (χ1v) is 12.5. The van der Waals surface area contributed by atoms with E-state index in [0.717, 1.165) is 30.0 Å². The number of amides is 2. The zero-order valence-corrected chi connectivity index (χ0v) is 20.8. The van der Waals surface area contributed by atoms with Gasteiger partial charge in [-0.2, -0.15) is 0 Å². The Labute approximate surface area is 215 Å². The molecule has 1 fully saturated rings. The minimum absolute atomic E-state index is 0.00893. The second-order valence-corrected chi connectivity index (χ2v) is 8.98. The monoisotopic (exact) mass is 502 g/mol. The van der Waals surface area contributed by atoms with Gasteiger partial charge >= 0.3 is 11.9 Å². The second-order valence-electron chi connectivity index (χ2n) is 8.98. The number of nitrogens with zero attached hydrogens (tertiary/aromatic N) is 1. The van der Waals surface area contributed by atoms with E-state index >= 15 is 0 Å². The number of fused-ring (bicyclic) bond motifs is 1. The van der Waals surface area contributed by atoms with Crippen molar-refractivity contribution in [2.75, 3.05) is 30.0 Å². The summed E-state index contributed by atoms with van der Waals surface area (Å²) in [5, 5.41) is 4.65. The molecule has 1 aliphatic rings. The first kappa shape index (κ1) is 25.9. The van der Waals surface area contributed by atoms with Crippen LogP contribution in [0.4, 0.5) is 11.4 Å². The molecule has 3 aromatic carbocycles. The lowest BCUT2D eigenvalue weighted by molar-refractivity contribution is -0.151. The van der Waals surface area contributed by atoms with Gasteiger partial charge in [-0.25, -0.2) is 4.79 Å². The minimum atomic E-state index is -0.680. The van der Waals surface area contributed by atoms with E-state index in [0.29, 0.717) is 23.5 Å². The molecule has 4 rings (SSSR count). The normalized spacial score (nSPS) is 15.0. The van der Waals surface area contributed by atoms with Crippen LogP contribution < -0.4 is 10.2 Å². The Balaban J connectivity index is 1.28. The van der Waals surface area contributed by atoms with Crippen molar-refractivity contribution >= 4 is 45.9 Å². The highest BCUT2D eigenvalue weighted by Crippen LogP contribution is 2.27. The molecule has 0 unspecified atom stereocenters. The van der Waals surface area contributed by atoms with Crippen LogP contribution in [0, 0.1) is 5.92 Å². The number of esters is 2. The second kappa shape index (κ2) is 12.2. The summed E-state index contributed by atoms with van der Waals surface area (Å²) >= 11 is 0. The third kappa shape index (κ3) is 6.52. The number of benzene rings is 3. The fourth-order valence-corrected chi connectivity index (χ4v) is 4.27. The van der Waals surface area contributed by atoms with Gasteiger partial charge in [-0.15, -0.1) is 0 Å². The molecule has 0 bridgehead atoms. The number of carbonyl (C=O) groups is 4. The van der Waals surface area contributed by atoms with Gasteiger partial charge in [-0.1, -0.05) is 56.2 Å². The van der Waals surface area contributed by atoms with Gasteiger partial charge in [0.1, 0.15) is 0 Å². The van der Waals surface area contributed by atoms with Gasteiger partial charge in [-0.05, 0) is 42.1 Å². The molecule has 1 atom stereocenters. The molecule has 1 saturated heterocycles. The number of carbonyl (C=O) groups excluding carboxylic acids is 4. The summed E-state index contributed by atoms with van der Waals surface area (Å²) in [6.07, 6.45) is 2.86. The highest BCUT2D eigenvalue weighted by Gasteiger charge is 2.36. The molecule has 3 aromatic rings. The summed E-state index contributed by atoms with van der Waals surface area (Å²) in [5.74, 6) is -2.36. The van der Waals surface area contributed by atoms with E-state index in [1.807, 2.05) is 36.4 Å². The molecule has 0 radical (unpaired) electrons. The molecule has 0 aromatic heterocycles. The van der Waals surface area contributed by atoms with Crippen LogP contribution in [0.3, 0.4) is 0 Å².